The molecule has 0 radical (unpaired) electrons. The van der Waals surface area contributed by atoms with Crippen LogP contribution < -0.4 is 0 Å². The van der Waals surface area contributed by atoms with E-state index >= 15 is 0 Å². The van der Waals surface area contributed by atoms with Crippen molar-refractivity contribution >= 4 is 12.0 Å². The molecular weight excluding hydrogens is 275 g/mol. The van der Waals surface area contributed by atoms with Crippen molar-refractivity contribution in [3.63, 3.8) is 0 Å². The summed E-state index contributed by atoms with van der Waals surface area (Å²) >= 11 is 0. The van der Waals surface area contributed by atoms with E-state index in [1.165, 1.54) is 12.1 Å². The minimum Gasteiger partial charge on any atom is -0.450 e. The van der Waals surface area contributed by atoms with E-state index in [1.54, 1.807) is 28.9 Å². The van der Waals surface area contributed by atoms with Crippen LogP contribution in [-0.2, 0) is 4.74 Å². The standard InChI is InChI=1S/C15H19FN2O3/c1-2-21-15(20)18-9-5-8-17(10-11-18)14(19)12-6-3-4-7-13(12)16/h3-4,6-7H,2,5,8-11H2,1H3. The molecule has 0 atom stereocenters. The van der Waals surface area contributed by atoms with Crippen LogP contribution >= 0.6 is 0 Å². The number of halogens is 1. The van der Waals surface area contributed by atoms with Crippen LogP contribution in [0.3, 0.4) is 0 Å². The number of ether oxygens (including phenoxy) is 1. The number of nitrogens with zero attached hydrogens (tertiary/aromatic N) is 2. The van der Waals surface area contributed by atoms with Gasteiger partial charge in [0.2, 0.25) is 0 Å². The van der Waals surface area contributed by atoms with Crippen LogP contribution in [0.2, 0.25) is 0 Å². The fourth-order valence-corrected chi connectivity index (χ4v) is 2.32. The van der Waals surface area contributed by atoms with E-state index in [-0.39, 0.29) is 17.6 Å². The first-order valence-electron chi connectivity index (χ1n) is 7.09. The lowest BCUT2D eigenvalue weighted by molar-refractivity contribution is 0.0749. The van der Waals surface area contributed by atoms with E-state index in [4.69, 9.17) is 4.74 Å². The van der Waals surface area contributed by atoms with Crippen LogP contribution in [0.4, 0.5) is 9.18 Å². The average Bonchev–Trinajstić information content (AvgIpc) is 2.73. The summed E-state index contributed by atoms with van der Waals surface area (Å²) in [5, 5.41) is 0. The Morgan fingerprint density at radius 3 is 2.52 bits per heavy atom. The van der Waals surface area contributed by atoms with Gasteiger partial charge in [-0.05, 0) is 25.5 Å². The lowest BCUT2D eigenvalue weighted by Crippen LogP contribution is -2.37. The van der Waals surface area contributed by atoms with Crippen LogP contribution in [-0.4, -0.2) is 54.6 Å². The van der Waals surface area contributed by atoms with Gasteiger partial charge in [0.25, 0.3) is 5.91 Å². The highest BCUT2D eigenvalue weighted by atomic mass is 19.1. The Balaban J connectivity index is 2.01. The van der Waals surface area contributed by atoms with Gasteiger partial charge >= 0.3 is 6.09 Å². The number of carbonyl (C=O) groups excluding carboxylic acids is 2. The maximum absolute atomic E-state index is 13.7. The Bertz CT molecular complexity index is 521. The molecule has 1 aromatic rings. The van der Waals surface area contributed by atoms with Crippen molar-refractivity contribution in [2.75, 3.05) is 32.8 Å². The maximum Gasteiger partial charge on any atom is 0.409 e. The lowest BCUT2D eigenvalue weighted by atomic mass is 10.2. The van der Waals surface area contributed by atoms with Crippen LogP contribution in [0, 0.1) is 5.82 Å². The molecule has 1 aliphatic rings. The zero-order valence-electron chi connectivity index (χ0n) is 12.0. The first kappa shape index (κ1) is 15.3. The van der Waals surface area contributed by atoms with Gasteiger partial charge in [0.1, 0.15) is 5.82 Å². The number of hydrogen-bond donors (Lipinski definition) is 0. The molecule has 0 saturated carbocycles. The first-order valence-corrected chi connectivity index (χ1v) is 7.09. The predicted octanol–water partition coefficient (Wildman–Crippen LogP) is 2.13. The number of carbonyl (C=O) groups is 2. The Kier molecular flexibility index (Phi) is 5.14. The highest BCUT2D eigenvalue weighted by Gasteiger charge is 2.24. The van der Waals surface area contributed by atoms with Gasteiger partial charge in [-0.2, -0.15) is 0 Å². The van der Waals surface area contributed by atoms with Gasteiger partial charge in [-0.3, -0.25) is 4.79 Å². The molecule has 0 N–H and O–H groups in total. The van der Waals surface area contributed by atoms with Crippen LogP contribution in [0.15, 0.2) is 24.3 Å². The quantitative estimate of drug-likeness (QED) is 0.839. The zero-order valence-corrected chi connectivity index (χ0v) is 12.0. The highest BCUT2D eigenvalue weighted by molar-refractivity contribution is 5.94. The van der Waals surface area contributed by atoms with Crippen molar-refractivity contribution in [3.8, 4) is 0 Å². The van der Waals surface area contributed by atoms with Gasteiger partial charge in [0.15, 0.2) is 0 Å². The van der Waals surface area contributed by atoms with Gasteiger partial charge < -0.3 is 14.5 Å². The fourth-order valence-electron chi connectivity index (χ4n) is 2.32. The van der Waals surface area contributed by atoms with Crippen LogP contribution in [0.1, 0.15) is 23.7 Å². The molecule has 2 rings (SSSR count). The molecule has 1 saturated heterocycles. The summed E-state index contributed by atoms with van der Waals surface area (Å²) in [4.78, 5) is 27.2. The average molecular weight is 294 g/mol. The Morgan fingerprint density at radius 2 is 1.81 bits per heavy atom. The molecule has 5 nitrogen and oxygen atoms in total. The number of rotatable bonds is 2. The second-order valence-corrected chi connectivity index (χ2v) is 4.81. The van der Waals surface area contributed by atoms with Crippen LogP contribution in [0.5, 0.6) is 0 Å². The molecule has 0 aliphatic carbocycles. The maximum atomic E-state index is 13.7. The van der Waals surface area contributed by atoms with E-state index in [9.17, 15) is 14.0 Å². The molecular formula is C15H19FN2O3. The molecule has 6 heteroatoms. The molecule has 0 spiro atoms. The van der Waals surface area contributed by atoms with Crippen molar-refractivity contribution in [3.05, 3.63) is 35.6 Å². The molecule has 2 amide bonds. The normalized spacial score (nSPS) is 15.5. The minimum atomic E-state index is -0.519. The van der Waals surface area contributed by atoms with Gasteiger partial charge in [-0.15, -0.1) is 0 Å². The van der Waals surface area contributed by atoms with Gasteiger partial charge in [-0.25, -0.2) is 9.18 Å². The van der Waals surface area contributed by atoms with Crippen molar-refractivity contribution in [1.82, 2.24) is 9.80 Å². The third-order valence-corrected chi connectivity index (χ3v) is 3.41. The summed E-state index contributed by atoms with van der Waals surface area (Å²) < 4.78 is 18.6. The van der Waals surface area contributed by atoms with Gasteiger partial charge in [0, 0.05) is 26.2 Å². The Hall–Kier alpha value is -2.11. The van der Waals surface area contributed by atoms with Crippen LogP contribution in [0.25, 0.3) is 0 Å². The summed E-state index contributed by atoms with van der Waals surface area (Å²) in [7, 11) is 0. The molecule has 21 heavy (non-hydrogen) atoms. The number of amides is 2. The predicted molar refractivity (Wildman–Crippen MR) is 75.5 cm³/mol. The molecule has 1 aliphatic heterocycles. The smallest absolute Gasteiger partial charge is 0.409 e. The largest absolute Gasteiger partial charge is 0.450 e. The molecule has 0 bridgehead atoms. The van der Waals surface area contributed by atoms with Crippen molar-refractivity contribution in [2.24, 2.45) is 0 Å². The molecule has 0 unspecified atom stereocenters. The van der Waals surface area contributed by atoms with E-state index in [1.807, 2.05) is 0 Å². The molecule has 114 valence electrons. The lowest BCUT2D eigenvalue weighted by Gasteiger charge is -2.22. The Morgan fingerprint density at radius 1 is 1.14 bits per heavy atom. The molecule has 1 aromatic carbocycles. The summed E-state index contributed by atoms with van der Waals surface area (Å²) in [6, 6.07) is 5.94. The molecule has 1 heterocycles. The summed E-state index contributed by atoms with van der Waals surface area (Å²) in [6.45, 7) is 3.91. The number of hydrogen-bond acceptors (Lipinski definition) is 3. The summed E-state index contributed by atoms with van der Waals surface area (Å²) in [6.07, 6.45) is 0.289. The topological polar surface area (TPSA) is 49.9 Å². The van der Waals surface area contributed by atoms with Gasteiger partial charge in [0.05, 0.1) is 12.2 Å². The molecule has 0 aromatic heterocycles. The van der Waals surface area contributed by atoms with E-state index in [0.717, 1.165) is 0 Å². The van der Waals surface area contributed by atoms with Crippen molar-refractivity contribution in [1.29, 1.82) is 0 Å². The minimum absolute atomic E-state index is 0.0714. The monoisotopic (exact) mass is 294 g/mol. The summed E-state index contributed by atoms with van der Waals surface area (Å²) in [5.41, 5.74) is 0.0714. The third-order valence-electron chi connectivity index (χ3n) is 3.41. The fraction of sp³-hybridized carbons (Fsp3) is 0.467. The Labute approximate surface area is 123 Å². The van der Waals surface area contributed by atoms with E-state index < -0.39 is 5.82 Å². The number of benzene rings is 1. The van der Waals surface area contributed by atoms with Gasteiger partial charge in [-0.1, -0.05) is 12.1 Å². The zero-order chi connectivity index (χ0) is 15.2. The highest BCUT2D eigenvalue weighted by Crippen LogP contribution is 2.13. The first-order chi connectivity index (χ1) is 10.1. The molecule has 1 fully saturated rings. The SMILES string of the molecule is CCOC(=O)N1CCCN(C(=O)c2ccccc2F)CC1. The summed E-state index contributed by atoms with van der Waals surface area (Å²) in [5.74, 6) is -0.854. The van der Waals surface area contributed by atoms with E-state index in [2.05, 4.69) is 0 Å². The third kappa shape index (κ3) is 3.71. The van der Waals surface area contributed by atoms with E-state index in [0.29, 0.717) is 39.2 Å². The second-order valence-electron chi connectivity index (χ2n) is 4.81. The van der Waals surface area contributed by atoms with Crippen molar-refractivity contribution in [2.45, 2.75) is 13.3 Å². The second kappa shape index (κ2) is 7.06. The van der Waals surface area contributed by atoms with Crippen molar-refractivity contribution < 1.29 is 18.7 Å².